The van der Waals surface area contributed by atoms with E-state index in [1.807, 2.05) is 0 Å². The number of ether oxygens (including phenoxy) is 1. The standard InChI is InChI=1S/C16H15FN6O3/c1-3-9-4-14(11(5-12(9)17)16(25)26-2)22-15(24)13(18)8-23(19)10-6-20-21-7-10/h1,4-8H,18-19H2,2H3,(H,20,21)(H,22,24)/b13-8-. The molecule has 134 valence electrons. The number of nitrogens with zero attached hydrogens (tertiary/aromatic N) is 2. The van der Waals surface area contributed by atoms with Crippen molar-refractivity contribution in [3.8, 4) is 12.3 Å². The minimum Gasteiger partial charge on any atom is -0.465 e. The van der Waals surface area contributed by atoms with Gasteiger partial charge in [0, 0.05) is 6.20 Å². The molecule has 0 aliphatic carbocycles. The molecule has 0 atom stereocenters. The molecule has 1 heterocycles. The van der Waals surface area contributed by atoms with Crippen molar-refractivity contribution < 1.29 is 18.7 Å². The third kappa shape index (κ3) is 3.97. The number of anilines is 2. The van der Waals surface area contributed by atoms with Gasteiger partial charge in [0.25, 0.3) is 5.91 Å². The highest BCUT2D eigenvalue weighted by molar-refractivity contribution is 6.07. The van der Waals surface area contributed by atoms with E-state index in [4.69, 9.17) is 18.0 Å². The zero-order valence-corrected chi connectivity index (χ0v) is 13.6. The van der Waals surface area contributed by atoms with Crippen molar-refractivity contribution in [3.05, 3.63) is 53.4 Å². The first-order chi connectivity index (χ1) is 12.4. The number of hydrogen-bond acceptors (Lipinski definition) is 7. The maximum Gasteiger partial charge on any atom is 0.340 e. The van der Waals surface area contributed by atoms with Gasteiger partial charge in [0.1, 0.15) is 11.5 Å². The van der Waals surface area contributed by atoms with Crippen molar-refractivity contribution in [2.24, 2.45) is 11.6 Å². The Kier molecular flexibility index (Phi) is 5.56. The van der Waals surface area contributed by atoms with Crippen molar-refractivity contribution in [1.29, 1.82) is 0 Å². The molecule has 1 aromatic carbocycles. The van der Waals surface area contributed by atoms with Gasteiger partial charge in [-0.2, -0.15) is 5.10 Å². The van der Waals surface area contributed by atoms with Crippen molar-refractivity contribution in [1.82, 2.24) is 10.2 Å². The fraction of sp³-hybridized carbons (Fsp3) is 0.0625. The molecule has 0 spiro atoms. The molecule has 0 unspecified atom stereocenters. The summed E-state index contributed by atoms with van der Waals surface area (Å²) in [7, 11) is 1.12. The number of esters is 1. The van der Waals surface area contributed by atoms with E-state index >= 15 is 0 Å². The number of methoxy groups -OCH3 is 1. The van der Waals surface area contributed by atoms with Gasteiger partial charge in [0.2, 0.25) is 0 Å². The second kappa shape index (κ2) is 7.82. The Labute approximate surface area is 147 Å². The molecule has 0 saturated heterocycles. The molecule has 0 radical (unpaired) electrons. The number of benzene rings is 1. The van der Waals surface area contributed by atoms with E-state index in [1.54, 1.807) is 0 Å². The molecule has 1 aromatic heterocycles. The number of amides is 1. The van der Waals surface area contributed by atoms with Crippen LogP contribution >= 0.6 is 0 Å². The van der Waals surface area contributed by atoms with Crippen LogP contribution in [0.2, 0.25) is 0 Å². The monoisotopic (exact) mass is 358 g/mol. The SMILES string of the molecule is C#Cc1cc(NC(=O)/C(N)=C/N(N)c2cn[nH]c2)c(C(=O)OC)cc1F. The number of rotatable bonds is 5. The molecule has 1 amide bonds. The Morgan fingerprint density at radius 1 is 1.50 bits per heavy atom. The third-order valence-corrected chi connectivity index (χ3v) is 3.24. The molecule has 0 saturated carbocycles. The Balaban J connectivity index is 2.30. The summed E-state index contributed by atoms with van der Waals surface area (Å²) in [6.45, 7) is 0. The quantitative estimate of drug-likeness (QED) is 0.200. The number of halogens is 1. The smallest absolute Gasteiger partial charge is 0.340 e. The zero-order valence-electron chi connectivity index (χ0n) is 13.6. The number of aromatic nitrogens is 2. The molecule has 6 N–H and O–H groups in total. The average molecular weight is 358 g/mol. The number of carbonyl (C=O) groups is 2. The van der Waals surface area contributed by atoms with E-state index in [-0.39, 0.29) is 22.5 Å². The molecule has 10 heteroatoms. The van der Waals surface area contributed by atoms with Gasteiger partial charge in [-0.05, 0) is 12.1 Å². The Bertz CT molecular complexity index is 901. The van der Waals surface area contributed by atoms with E-state index in [1.165, 1.54) is 12.4 Å². The summed E-state index contributed by atoms with van der Waals surface area (Å²) in [6.07, 6.45) is 9.24. The normalized spacial score (nSPS) is 10.8. The van der Waals surface area contributed by atoms with Crippen LogP contribution in [0.4, 0.5) is 15.8 Å². The maximum atomic E-state index is 13.8. The molecule has 26 heavy (non-hydrogen) atoms. The number of carbonyl (C=O) groups excluding carboxylic acids is 2. The van der Waals surface area contributed by atoms with Gasteiger partial charge >= 0.3 is 5.97 Å². The fourth-order valence-electron chi connectivity index (χ4n) is 1.93. The number of nitrogens with two attached hydrogens (primary N) is 2. The van der Waals surface area contributed by atoms with Crippen LogP contribution in [0, 0.1) is 18.2 Å². The first-order valence-corrected chi connectivity index (χ1v) is 7.07. The van der Waals surface area contributed by atoms with Crippen molar-refractivity contribution >= 4 is 23.3 Å². The summed E-state index contributed by atoms with van der Waals surface area (Å²) in [5.74, 6) is 5.38. The summed E-state index contributed by atoms with van der Waals surface area (Å²) in [4.78, 5) is 24.1. The molecule has 0 fully saturated rings. The Morgan fingerprint density at radius 3 is 2.81 bits per heavy atom. The van der Waals surface area contributed by atoms with Crippen LogP contribution in [-0.4, -0.2) is 29.2 Å². The van der Waals surface area contributed by atoms with E-state index in [0.717, 1.165) is 30.5 Å². The third-order valence-electron chi connectivity index (χ3n) is 3.24. The lowest BCUT2D eigenvalue weighted by Gasteiger charge is -2.14. The molecule has 0 aliphatic rings. The number of hydrazine groups is 1. The van der Waals surface area contributed by atoms with Crippen LogP contribution in [0.15, 0.2) is 36.4 Å². The molecule has 0 bridgehead atoms. The van der Waals surface area contributed by atoms with E-state index in [9.17, 15) is 14.0 Å². The number of aromatic amines is 1. The minimum atomic E-state index is -0.857. The van der Waals surface area contributed by atoms with Gasteiger partial charge in [-0.25, -0.2) is 15.0 Å². The van der Waals surface area contributed by atoms with Crippen LogP contribution in [0.3, 0.4) is 0 Å². The Hall–Kier alpha value is -3.84. The van der Waals surface area contributed by atoms with Crippen LogP contribution < -0.4 is 21.9 Å². The minimum absolute atomic E-state index is 0.0561. The van der Waals surface area contributed by atoms with Crippen molar-refractivity contribution in [2.45, 2.75) is 0 Å². The summed E-state index contributed by atoms with van der Waals surface area (Å²) in [5.41, 5.74) is 5.45. The predicted molar refractivity (Wildman–Crippen MR) is 91.8 cm³/mol. The van der Waals surface area contributed by atoms with Crippen LogP contribution in [0.1, 0.15) is 15.9 Å². The highest BCUT2D eigenvalue weighted by Gasteiger charge is 2.19. The molecule has 2 rings (SSSR count). The molecule has 2 aromatic rings. The first kappa shape index (κ1) is 18.5. The Morgan fingerprint density at radius 2 is 2.23 bits per heavy atom. The number of terminal acetylenes is 1. The average Bonchev–Trinajstić information content (AvgIpc) is 3.16. The largest absolute Gasteiger partial charge is 0.465 e. The number of nitrogens with one attached hydrogen (secondary N) is 2. The van der Waals surface area contributed by atoms with Gasteiger partial charge in [-0.3, -0.25) is 14.9 Å². The van der Waals surface area contributed by atoms with Crippen molar-refractivity contribution in [3.63, 3.8) is 0 Å². The topological polar surface area (TPSA) is 139 Å². The van der Waals surface area contributed by atoms with Gasteiger partial charge in [0.05, 0.1) is 42.0 Å². The second-order valence-electron chi connectivity index (χ2n) is 4.92. The van der Waals surface area contributed by atoms with E-state index < -0.39 is 17.7 Å². The number of hydrogen-bond donors (Lipinski definition) is 4. The van der Waals surface area contributed by atoms with Gasteiger partial charge < -0.3 is 15.8 Å². The summed E-state index contributed by atoms with van der Waals surface area (Å²) in [6, 6.07) is 2.00. The summed E-state index contributed by atoms with van der Waals surface area (Å²) >= 11 is 0. The van der Waals surface area contributed by atoms with Gasteiger partial charge in [0.15, 0.2) is 0 Å². The fourth-order valence-corrected chi connectivity index (χ4v) is 1.93. The maximum absolute atomic E-state index is 13.8. The lowest BCUT2D eigenvalue weighted by molar-refractivity contribution is -0.112. The van der Waals surface area contributed by atoms with Crippen LogP contribution in [-0.2, 0) is 9.53 Å². The lowest BCUT2D eigenvalue weighted by Crippen LogP contribution is -2.29. The predicted octanol–water partition coefficient (Wildman–Crippen LogP) is 0.436. The van der Waals surface area contributed by atoms with Gasteiger partial charge in [-0.15, -0.1) is 6.42 Å². The molecule has 9 nitrogen and oxygen atoms in total. The van der Waals surface area contributed by atoms with E-state index in [2.05, 4.69) is 26.2 Å². The molecular formula is C16H15FN6O3. The lowest BCUT2D eigenvalue weighted by atomic mass is 10.1. The van der Waals surface area contributed by atoms with Gasteiger partial charge in [-0.1, -0.05) is 5.92 Å². The first-order valence-electron chi connectivity index (χ1n) is 7.07. The van der Waals surface area contributed by atoms with Crippen LogP contribution in [0.5, 0.6) is 0 Å². The summed E-state index contributed by atoms with van der Waals surface area (Å²) in [5, 5.41) is 9.70. The molecule has 0 aliphatic heterocycles. The second-order valence-corrected chi connectivity index (χ2v) is 4.92. The van der Waals surface area contributed by atoms with Crippen molar-refractivity contribution in [2.75, 3.05) is 17.4 Å². The molecular weight excluding hydrogens is 343 g/mol. The number of H-pyrrole nitrogens is 1. The highest BCUT2D eigenvalue weighted by atomic mass is 19.1. The summed E-state index contributed by atoms with van der Waals surface area (Å²) < 4.78 is 18.4. The zero-order chi connectivity index (χ0) is 19.3. The van der Waals surface area contributed by atoms with Crippen LogP contribution in [0.25, 0.3) is 0 Å². The van der Waals surface area contributed by atoms with E-state index in [0.29, 0.717) is 5.69 Å². The highest BCUT2D eigenvalue weighted by Crippen LogP contribution is 2.22.